The molecule has 0 aliphatic heterocycles. The highest BCUT2D eigenvalue weighted by Gasteiger charge is 2.14. The third-order valence-electron chi connectivity index (χ3n) is 5.78. The molecular formula is C30H25ClN6OS. The van der Waals surface area contributed by atoms with Crippen LogP contribution in [0.4, 0.5) is 0 Å². The Morgan fingerprint density at radius 1 is 0.974 bits per heavy atom. The molecule has 6 aromatic rings. The normalized spacial score (nSPS) is 10.5. The van der Waals surface area contributed by atoms with Gasteiger partial charge in [0.15, 0.2) is 0 Å². The lowest BCUT2D eigenvalue weighted by Crippen LogP contribution is -2.23. The largest absolute Gasteiger partial charge is 0.346 e. The number of para-hydroxylation sites is 1. The first-order valence-corrected chi connectivity index (χ1v) is 13.5. The average molecular weight is 553 g/mol. The van der Waals surface area contributed by atoms with Gasteiger partial charge in [0.25, 0.3) is 5.91 Å². The molecule has 39 heavy (non-hydrogen) atoms. The first kappa shape index (κ1) is 26.1. The second kappa shape index (κ2) is 12.3. The number of hydrogen-bond acceptors (Lipinski definition) is 5. The summed E-state index contributed by atoms with van der Waals surface area (Å²) in [5.41, 5.74) is 6.18. The van der Waals surface area contributed by atoms with Gasteiger partial charge in [0.1, 0.15) is 5.01 Å². The summed E-state index contributed by atoms with van der Waals surface area (Å²) in [7, 11) is 0. The van der Waals surface area contributed by atoms with Crippen molar-refractivity contribution in [3.8, 4) is 27.5 Å². The van der Waals surface area contributed by atoms with Crippen LogP contribution in [0.1, 0.15) is 21.7 Å². The Morgan fingerprint density at radius 3 is 2.46 bits per heavy atom. The molecule has 0 saturated carbocycles. The number of aromatic nitrogens is 5. The quantitative estimate of drug-likeness (QED) is 0.234. The topological polar surface area (TPSA) is 88.5 Å². The number of amides is 1. The molecule has 0 radical (unpaired) electrons. The number of carbonyl (C=O) groups excluding carboxylic acids is 1. The summed E-state index contributed by atoms with van der Waals surface area (Å²) in [6, 6.07) is 28.9. The Bertz CT molecular complexity index is 1640. The van der Waals surface area contributed by atoms with Crippen LogP contribution in [0.15, 0.2) is 109 Å². The van der Waals surface area contributed by atoms with E-state index >= 15 is 0 Å². The summed E-state index contributed by atoms with van der Waals surface area (Å²) in [6.07, 6.45) is 3.63. The van der Waals surface area contributed by atoms with Crippen molar-refractivity contribution < 1.29 is 4.79 Å². The zero-order valence-electron chi connectivity index (χ0n) is 21.1. The van der Waals surface area contributed by atoms with Crippen molar-refractivity contribution >= 4 is 28.8 Å². The fourth-order valence-corrected chi connectivity index (χ4v) is 4.79. The van der Waals surface area contributed by atoms with Gasteiger partial charge in [0.2, 0.25) is 0 Å². The summed E-state index contributed by atoms with van der Waals surface area (Å²) in [4.78, 5) is 17.3. The average Bonchev–Trinajstić information content (AvgIpc) is 3.76. The fraction of sp³-hybridized carbons (Fsp3) is 0.0667. The molecule has 7 nitrogen and oxygen atoms in total. The second-order valence-electron chi connectivity index (χ2n) is 8.59. The minimum atomic E-state index is -0.152. The highest BCUT2D eigenvalue weighted by Crippen LogP contribution is 2.25. The van der Waals surface area contributed by atoms with Gasteiger partial charge >= 0.3 is 0 Å². The third kappa shape index (κ3) is 6.67. The van der Waals surface area contributed by atoms with Crippen LogP contribution in [0.2, 0.25) is 5.02 Å². The molecule has 0 aliphatic rings. The number of hydrogen-bond donors (Lipinski definition) is 2. The van der Waals surface area contributed by atoms with Crippen LogP contribution in [0, 0.1) is 6.92 Å². The first-order valence-electron chi connectivity index (χ1n) is 12.2. The van der Waals surface area contributed by atoms with Crippen molar-refractivity contribution in [3.05, 3.63) is 131 Å². The van der Waals surface area contributed by atoms with Gasteiger partial charge in [0, 0.05) is 39.5 Å². The lowest BCUT2D eigenvalue weighted by molar-refractivity contribution is 0.0951. The summed E-state index contributed by atoms with van der Waals surface area (Å²) in [5.74, 6) is -0.152. The SMILES string of the molecule is Cc1ccn(-c2ccccc2)n1.O=C(NCc1csc(-c2ccc(Cl)cc2)n1)c1ccccc1-c1ccn[nH]1. The van der Waals surface area contributed by atoms with E-state index in [2.05, 4.69) is 25.6 Å². The highest BCUT2D eigenvalue weighted by molar-refractivity contribution is 7.13. The van der Waals surface area contributed by atoms with Crippen LogP contribution >= 0.6 is 22.9 Å². The minimum Gasteiger partial charge on any atom is -0.346 e. The van der Waals surface area contributed by atoms with E-state index in [0.717, 1.165) is 38.9 Å². The molecule has 194 valence electrons. The van der Waals surface area contributed by atoms with E-state index in [-0.39, 0.29) is 5.91 Å². The van der Waals surface area contributed by atoms with Crippen molar-refractivity contribution in [2.24, 2.45) is 0 Å². The Hall–Kier alpha value is -4.53. The smallest absolute Gasteiger partial charge is 0.252 e. The van der Waals surface area contributed by atoms with Crippen molar-refractivity contribution in [2.45, 2.75) is 13.5 Å². The van der Waals surface area contributed by atoms with Gasteiger partial charge in [-0.05, 0) is 49.4 Å². The predicted octanol–water partition coefficient (Wildman–Crippen LogP) is 6.96. The van der Waals surface area contributed by atoms with E-state index < -0.39 is 0 Å². The Morgan fingerprint density at radius 2 is 1.74 bits per heavy atom. The van der Waals surface area contributed by atoms with Gasteiger partial charge in [-0.2, -0.15) is 10.2 Å². The molecule has 0 bridgehead atoms. The highest BCUT2D eigenvalue weighted by atomic mass is 35.5. The van der Waals surface area contributed by atoms with Crippen LogP contribution in [-0.4, -0.2) is 30.9 Å². The summed E-state index contributed by atoms with van der Waals surface area (Å²) in [5, 5.41) is 17.6. The maximum absolute atomic E-state index is 12.7. The molecule has 6 rings (SSSR count). The van der Waals surface area contributed by atoms with Crippen LogP contribution in [-0.2, 0) is 6.54 Å². The molecule has 9 heteroatoms. The lowest BCUT2D eigenvalue weighted by atomic mass is 10.0. The Labute approximate surface area is 235 Å². The van der Waals surface area contributed by atoms with E-state index in [1.54, 1.807) is 12.3 Å². The van der Waals surface area contributed by atoms with Gasteiger partial charge in [-0.25, -0.2) is 9.67 Å². The van der Waals surface area contributed by atoms with Crippen molar-refractivity contribution in [2.75, 3.05) is 0 Å². The van der Waals surface area contributed by atoms with E-state index in [1.807, 2.05) is 108 Å². The van der Waals surface area contributed by atoms with E-state index in [9.17, 15) is 4.79 Å². The van der Waals surface area contributed by atoms with Crippen molar-refractivity contribution in [1.29, 1.82) is 0 Å². The third-order valence-corrected chi connectivity index (χ3v) is 6.97. The van der Waals surface area contributed by atoms with Gasteiger partial charge in [-0.1, -0.05) is 60.1 Å². The number of nitrogens with one attached hydrogen (secondary N) is 2. The van der Waals surface area contributed by atoms with Crippen LogP contribution in [0.3, 0.4) is 0 Å². The zero-order chi connectivity index (χ0) is 27.0. The van der Waals surface area contributed by atoms with Gasteiger partial charge < -0.3 is 5.32 Å². The molecule has 3 heterocycles. The fourth-order valence-electron chi connectivity index (χ4n) is 3.84. The van der Waals surface area contributed by atoms with Crippen molar-refractivity contribution in [3.63, 3.8) is 0 Å². The van der Waals surface area contributed by atoms with Gasteiger partial charge in [0.05, 0.1) is 29.3 Å². The molecule has 0 atom stereocenters. The van der Waals surface area contributed by atoms with Gasteiger partial charge in [-0.15, -0.1) is 11.3 Å². The summed E-state index contributed by atoms with van der Waals surface area (Å²) in [6.45, 7) is 2.35. The van der Waals surface area contributed by atoms with Crippen LogP contribution in [0.25, 0.3) is 27.5 Å². The van der Waals surface area contributed by atoms with E-state index in [4.69, 9.17) is 11.6 Å². The molecule has 0 fully saturated rings. The number of nitrogens with zero attached hydrogens (tertiary/aromatic N) is 4. The Balaban J connectivity index is 0.000000214. The molecule has 0 saturated heterocycles. The number of halogens is 1. The molecule has 3 aromatic carbocycles. The molecule has 0 aliphatic carbocycles. The molecule has 0 unspecified atom stereocenters. The maximum Gasteiger partial charge on any atom is 0.252 e. The lowest BCUT2D eigenvalue weighted by Gasteiger charge is -2.08. The number of benzene rings is 3. The molecule has 0 spiro atoms. The standard InChI is InChI=1S/C20H15ClN4OS.C10H10N2/c21-14-7-5-13(6-8-14)20-24-15(12-27-20)11-22-19(26)17-4-2-1-3-16(17)18-9-10-23-25-18;1-9-7-8-12(11-9)10-5-3-2-4-6-10/h1-10,12H,11H2,(H,22,26)(H,23,25);2-8H,1H3. The summed E-state index contributed by atoms with van der Waals surface area (Å²) >= 11 is 7.46. The van der Waals surface area contributed by atoms with Crippen LogP contribution in [0.5, 0.6) is 0 Å². The van der Waals surface area contributed by atoms with Gasteiger partial charge in [-0.3, -0.25) is 9.89 Å². The van der Waals surface area contributed by atoms with Crippen molar-refractivity contribution in [1.82, 2.24) is 30.3 Å². The minimum absolute atomic E-state index is 0.152. The van der Waals surface area contributed by atoms with Crippen LogP contribution < -0.4 is 5.32 Å². The number of thiazole rings is 1. The first-order chi connectivity index (χ1) is 19.1. The number of carbonyl (C=O) groups is 1. The number of aryl methyl sites for hydroxylation is 1. The van der Waals surface area contributed by atoms with E-state index in [0.29, 0.717) is 17.1 Å². The monoisotopic (exact) mass is 552 g/mol. The number of rotatable bonds is 6. The molecule has 1 amide bonds. The molecule has 2 N–H and O–H groups in total. The number of aromatic amines is 1. The zero-order valence-corrected chi connectivity index (χ0v) is 22.7. The Kier molecular flexibility index (Phi) is 8.26. The van der Waals surface area contributed by atoms with E-state index in [1.165, 1.54) is 11.3 Å². The predicted molar refractivity (Wildman–Crippen MR) is 156 cm³/mol. The second-order valence-corrected chi connectivity index (χ2v) is 9.88. The number of H-pyrrole nitrogens is 1. The molecular weight excluding hydrogens is 528 g/mol. The summed E-state index contributed by atoms with van der Waals surface area (Å²) < 4.78 is 1.87. The maximum atomic E-state index is 12.7. The molecule has 3 aromatic heterocycles.